The molecule has 0 aliphatic carbocycles. The first-order valence-corrected chi connectivity index (χ1v) is 5.02. The third-order valence-corrected chi connectivity index (χ3v) is 2.20. The number of ether oxygens (including phenoxy) is 1. The second-order valence-electron chi connectivity index (χ2n) is 4.15. The van der Waals surface area contributed by atoms with Crippen LogP contribution in [0, 0.1) is 0 Å². The van der Waals surface area contributed by atoms with Gasteiger partial charge in [-0.3, -0.25) is 0 Å². The van der Waals surface area contributed by atoms with Crippen molar-refractivity contribution in [2.45, 2.75) is 51.5 Å². The first kappa shape index (κ1) is 12.9. The van der Waals surface area contributed by atoms with E-state index in [1.54, 1.807) is 7.11 Å². The largest absolute Gasteiger partial charge is 0.385 e. The molecular weight excluding hydrogens is 166 g/mol. The highest BCUT2D eigenvalue weighted by molar-refractivity contribution is 4.72. The van der Waals surface area contributed by atoms with Crippen LogP contribution < -0.4 is 5.48 Å². The van der Waals surface area contributed by atoms with Crippen molar-refractivity contribution in [2.75, 3.05) is 13.7 Å². The lowest BCUT2D eigenvalue weighted by molar-refractivity contribution is 0.0747. The van der Waals surface area contributed by atoms with Crippen LogP contribution in [-0.2, 0) is 4.74 Å². The SMILES string of the molecule is COCCCCCCC(C)(C)NO. The Hall–Kier alpha value is -0.120. The molecule has 0 aliphatic rings. The van der Waals surface area contributed by atoms with Gasteiger partial charge < -0.3 is 9.94 Å². The summed E-state index contributed by atoms with van der Waals surface area (Å²) >= 11 is 0. The molecule has 0 atom stereocenters. The predicted molar refractivity (Wildman–Crippen MR) is 54.0 cm³/mol. The Balaban J connectivity index is 3.16. The summed E-state index contributed by atoms with van der Waals surface area (Å²) in [6, 6.07) is 0. The standard InChI is InChI=1S/C10H23NO2/c1-10(2,11-12)8-6-4-5-7-9-13-3/h11-12H,4-9H2,1-3H3. The Morgan fingerprint density at radius 2 is 1.77 bits per heavy atom. The molecular formula is C10H23NO2. The summed E-state index contributed by atoms with van der Waals surface area (Å²) in [6.07, 6.45) is 5.74. The fourth-order valence-electron chi connectivity index (χ4n) is 1.22. The lowest BCUT2D eigenvalue weighted by Gasteiger charge is -2.21. The highest BCUT2D eigenvalue weighted by atomic mass is 16.5. The van der Waals surface area contributed by atoms with E-state index in [0.717, 1.165) is 25.9 Å². The quantitative estimate of drug-likeness (QED) is 0.455. The van der Waals surface area contributed by atoms with E-state index >= 15 is 0 Å². The van der Waals surface area contributed by atoms with Crippen LogP contribution in [0.15, 0.2) is 0 Å². The smallest absolute Gasteiger partial charge is 0.0462 e. The molecule has 0 heterocycles. The molecule has 0 aromatic rings. The minimum Gasteiger partial charge on any atom is -0.385 e. The molecule has 0 rings (SSSR count). The number of rotatable bonds is 8. The average molecular weight is 189 g/mol. The average Bonchev–Trinajstić information content (AvgIpc) is 2.11. The summed E-state index contributed by atoms with van der Waals surface area (Å²) < 4.78 is 4.96. The Morgan fingerprint density at radius 3 is 2.31 bits per heavy atom. The molecule has 13 heavy (non-hydrogen) atoms. The van der Waals surface area contributed by atoms with Crippen LogP contribution >= 0.6 is 0 Å². The Bertz CT molecular complexity index is 115. The normalized spacial score (nSPS) is 12.0. The predicted octanol–water partition coefficient (Wildman–Crippen LogP) is 2.34. The van der Waals surface area contributed by atoms with Crippen LogP contribution in [0.2, 0.25) is 0 Å². The van der Waals surface area contributed by atoms with Crippen molar-refractivity contribution in [2.24, 2.45) is 0 Å². The Kier molecular flexibility index (Phi) is 7.23. The number of hydrogen-bond acceptors (Lipinski definition) is 3. The number of hydrogen-bond donors (Lipinski definition) is 2. The van der Waals surface area contributed by atoms with E-state index in [4.69, 9.17) is 9.94 Å². The van der Waals surface area contributed by atoms with E-state index in [2.05, 4.69) is 5.48 Å². The van der Waals surface area contributed by atoms with Gasteiger partial charge in [0.05, 0.1) is 0 Å². The van der Waals surface area contributed by atoms with E-state index in [0.29, 0.717) is 0 Å². The summed E-state index contributed by atoms with van der Waals surface area (Å²) in [7, 11) is 1.73. The van der Waals surface area contributed by atoms with E-state index in [1.165, 1.54) is 12.8 Å². The maximum Gasteiger partial charge on any atom is 0.0462 e. The number of methoxy groups -OCH3 is 1. The number of hydroxylamine groups is 1. The first-order valence-electron chi connectivity index (χ1n) is 5.02. The molecule has 0 unspecified atom stereocenters. The molecule has 0 spiro atoms. The molecule has 0 aliphatic heterocycles. The van der Waals surface area contributed by atoms with Crippen LogP contribution in [0.3, 0.4) is 0 Å². The molecule has 0 amide bonds. The van der Waals surface area contributed by atoms with Crippen molar-refractivity contribution in [1.29, 1.82) is 0 Å². The fourth-order valence-corrected chi connectivity index (χ4v) is 1.22. The van der Waals surface area contributed by atoms with Gasteiger partial charge in [-0.25, -0.2) is 5.48 Å². The molecule has 0 fully saturated rings. The zero-order valence-electron chi connectivity index (χ0n) is 9.10. The third-order valence-electron chi connectivity index (χ3n) is 2.20. The van der Waals surface area contributed by atoms with Gasteiger partial charge in [0.2, 0.25) is 0 Å². The number of unbranched alkanes of at least 4 members (excludes halogenated alkanes) is 3. The zero-order chi connectivity index (χ0) is 10.2. The third kappa shape index (κ3) is 8.22. The Labute approximate surface area is 81.4 Å². The van der Waals surface area contributed by atoms with Gasteiger partial charge in [0, 0.05) is 19.3 Å². The van der Waals surface area contributed by atoms with Crippen molar-refractivity contribution in [3.8, 4) is 0 Å². The van der Waals surface area contributed by atoms with Crippen LogP contribution in [0.25, 0.3) is 0 Å². The Morgan fingerprint density at radius 1 is 1.15 bits per heavy atom. The van der Waals surface area contributed by atoms with Gasteiger partial charge in [-0.05, 0) is 26.7 Å². The summed E-state index contributed by atoms with van der Waals surface area (Å²) in [5, 5.41) is 8.76. The monoisotopic (exact) mass is 189 g/mol. The van der Waals surface area contributed by atoms with Crippen molar-refractivity contribution in [1.82, 2.24) is 5.48 Å². The van der Waals surface area contributed by atoms with Crippen molar-refractivity contribution in [3.05, 3.63) is 0 Å². The van der Waals surface area contributed by atoms with Gasteiger partial charge in [0.25, 0.3) is 0 Å². The first-order chi connectivity index (χ1) is 6.12. The highest BCUT2D eigenvalue weighted by Gasteiger charge is 2.14. The van der Waals surface area contributed by atoms with Crippen molar-refractivity contribution >= 4 is 0 Å². The van der Waals surface area contributed by atoms with Crippen molar-refractivity contribution < 1.29 is 9.94 Å². The lowest BCUT2D eigenvalue weighted by Crippen LogP contribution is -2.36. The maximum absolute atomic E-state index is 8.76. The van der Waals surface area contributed by atoms with Crippen LogP contribution in [-0.4, -0.2) is 24.5 Å². The van der Waals surface area contributed by atoms with Gasteiger partial charge in [-0.1, -0.05) is 19.3 Å². The maximum atomic E-state index is 8.76. The van der Waals surface area contributed by atoms with Crippen LogP contribution in [0.1, 0.15) is 46.0 Å². The summed E-state index contributed by atoms with van der Waals surface area (Å²) in [4.78, 5) is 0. The molecule has 0 radical (unpaired) electrons. The van der Waals surface area contributed by atoms with Crippen LogP contribution in [0.4, 0.5) is 0 Å². The second kappa shape index (κ2) is 7.30. The molecule has 2 N–H and O–H groups in total. The molecule has 0 saturated heterocycles. The van der Waals surface area contributed by atoms with Gasteiger partial charge >= 0.3 is 0 Å². The molecule has 0 saturated carbocycles. The van der Waals surface area contributed by atoms with Crippen molar-refractivity contribution in [3.63, 3.8) is 0 Å². The molecule has 3 heteroatoms. The topological polar surface area (TPSA) is 41.5 Å². The fraction of sp³-hybridized carbons (Fsp3) is 1.00. The summed E-state index contributed by atoms with van der Waals surface area (Å²) in [5.41, 5.74) is 2.18. The lowest BCUT2D eigenvalue weighted by atomic mass is 9.97. The molecule has 80 valence electrons. The van der Waals surface area contributed by atoms with E-state index in [1.807, 2.05) is 13.8 Å². The molecule has 0 aromatic carbocycles. The molecule has 0 bridgehead atoms. The van der Waals surface area contributed by atoms with Gasteiger partial charge in [0.15, 0.2) is 0 Å². The highest BCUT2D eigenvalue weighted by Crippen LogP contribution is 2.13. The van der Waals surface area contributed by atoms with E-state index in [-0.39, 0.29) is 5.54 Å². The summed E-state index contributed by atoms with van der Waals surface area (Å²) in [5.74, 6) is 0. The van der Waals surface area contributed by atoms with E-state index < -0.39 is 0 Å². The number of nitrogens with one attached hydrogen (secondary N) is 1. The molecule has 0 aromatic heterocycles. The minimum absolute atomic E-state index is 0.138. The van der Waals surface area contributed by atoms with Gasteiger partial charge in [0.1, 0.15) is 0 Å². The van der Waals surface area contributed by atoms with Gasteiger partial charge in [-0.2, -0.15) is 0 Å². The molecule has 3 nitrogen and oxygen atoms in total. The minimum atomic E-state index is -0.138. The van der Waals surface area contributed by atoms with Crippen LogP contribution in [0.5, 0.6) is 0 Å². The second-order valence-corrected chi connectivity index (χ2v) is 4.15. The zero-order valence-corrected chi connectivity index (χ0v) is 9.10. The summed E-state index contributed by atoms with van der Waals surface area (Å²) in [6.45, 7) is 4.87. The van der Waals surface area contributed by atoms with E-state index in [9.17, 15) is 0 Å². The van der Waals surface area contributed by atoms with Gasteiger partial charge in [-0.15, -0.1) is 0 Å².